The molecular weight excluding hydrogens is 660 g/mol. The first-order valence-electron chi connectivity index (χ1n) is 9.38. The molecule has 0 atom stereocenters. The minimum absolute atomic E-state index is 0.159. The Hall–Kier alpha value is -1.86. The van der Waals surface area contributed by atoms with Gasteiger partial charge in [-0.3, -0.25) is 0 Å². The summed E-state index contributed by atoms with van der Waals surface area (Å²) in [6.07, 6.45) is -1.66. The zero-order valence-electron chi connectivity index (χ0n) is 16.6. The zero-order chi connectivity index (χ0) is 23.0. The van der Waals surface area contributed by atoms with Gasteiger partial charge < -0.3 is 0 Å². The van der Waals surface area contributed by atoms with Crippen LogP contribution in [0.25, 0.3) is 28.1 Å². The Balaban J connectivity index is 2.04. The Morgan fingerprint density at radius 3 is 1.81 bits per heavy atom. The zero-order valence-corrected chi connectivity index (χ0v) is 21.8. The summed E-state index contributed by atoms with van der Waals surface area (Å²) in [6, 6.07) is 20.9. The van der Waals surface area contributed by atoms with Gasteiger partial charge in [0.1, 0.15) is 5.69 Å². The van der Waals surface area contributed by atoms with Crippen molar-refractivity contribution in [3.8, 4) is 28.1 Å². The molecule has 164 valence electrons. The quantitative estimate of drug-likeness (QED) is 0.220. The van der Waals surface area contributed by atoms with Crippen LogP contribution in [0.4, 0.5) is 8.78 Å². The van der Waals surface area contributed by atoms with Crippen LogP contribution in [0.3, 0.4) is 0 Å². The van der Waals surface area contributed by atoms with Crippen LogP contribution in [-0.2, 0) is 9.84 Å². The van der Waals surface area contributed by atoms with Gasteiger partial charge in [0, 0.05) is 24.5 Å². The fourth-order valence-corrected chi connectivity index (χ4v) is 4.73. The molecule has 0 amide bonds. The van der Waals surface area contributed by atoms with Gasteiger partial charge in [0.15, 0.2) is 9.84 Å². The molecule has 0 bridgehead atoms. The Kier molecular flexibility index (Phi) is 6.68. The number of benzene rings is 3. The van der Waals surface area contributed by atoms with Gasteiger partial charge in [-0.2, -0.15) is 5.10 Å². The third-order valence-electron chi connectivity index (χ3n) is 4.88. The van der Waals surface area contributed by atoms with E-state index in [0.29, 0.717) is 28.1 Å². The van der Waals surface area contributed by atoms with E-state index in [1.54, 1.807) is 24.3 Å². The second-order valence-corrected chi connectivity index (χ2v) is 11.6. The van der Waals surface area contributed by atoms with E-state index in [2.05, 4.69) is 50.3 Å². The van der Waals surface area contributed by atoms with Gasteiger partial charge in [-0.1, -0.05) is 24.3 Å². The summed E-state index contributed by atoms with van der Waals surface area (Å²) in [6.45, 7) is 0. The van der Waals surface area contributed by atoms with E-state index >= 15 is 0 Å². The minimum atomic E-state index is -3.39. The van der Waals surface area contributed by atoms with Crippen molar-refractivity contribution in [2.75, 3.05) is 6.26 Å². The number of sulfone groups is 1. The van der Waals surface area contributed by atoms with E-state index in [1.807, 2.05) is 36.4 Å². The molecule has 0 aliphatic heterocycles. The van der Waals surface area contributed by atoms with Gasteiger partial charge in [0.05, 0.1) is 16.3 Å². The van der Waals surface area contributed by atoms with Crippen molar-refractivity contribution in [2.24, 2.45) is 0 Å². The van der Waals surface area contributed by atoms with Crippen LogP contribution in [0, 0.1) is 7.14 Å². The minimum Gasteiger partial charge on any atom is -0.232 e. The lowest BCUT2D eigenvalue weighted by Gasteiger charge is -2.12. The number of nitrogens with zero attached hydrogens (tertiary/aromatic N) is 2. The fourth-order valence-electron chi connectivity index (χ4n) is 3.38. The maximum Gasteiger partial charge on any atom is 0.282 e. The van der Waals surface area contributed by atoms with E-state index in [9.17, 15) is 17.2 Å². The molecule has 4 nitrogen and oxygen atoms in total. The van der Waals surface area contributed by atoms with Crippen LogP contribution in [0.1, 0.15) is 12.1 Å². The third-order valence-corrected chi connectivity index (χ3v) is 7.45. The third kappa shape index (κ3) is 4.74. The molecule has 0 spiro atoms. The largest absolute Gasteiger partial charge is 0.282 e. The number of rotatable bonds is 5. The van der Waals surface area contributed by atoms with Crippen LogP contribution in [0.15, 0.2) is 77.7 Å². The van der Waals surface area contributed by atoms with Crippen molar-refractivity contribution in [1.29, 1.82) is 0 Å². The maximum absolute atomic E-state index is 14.1. The molecule has 0 aliphatic carbocycles. The lowest BCUT2D eigenvalue weighted by molar-refractivity contribution is 0.146. The molecule has 1 heterocycles. The Morgan fingerprint density at radius 2 is 1.31 bits per heavy atom. The first-order chi connectivity index (χ1) is 15.1. The molecule has 0 unspecified atom stereocenters. The highest BCUT2D eigenvalue weighted by atomic mass is 127. The van der Waals surface area contributed by atoms with Crippen molar-refractivity contribution in [2.45, 2.75) is 11.3 Å². The molecule has 3 aromatic carbocycles. The van der Waals surface area contributed by atoms with E-state index in [4.69, 9.17) is 0 Å². The van der Waals surface area contributed by atoms with Crippen LogP contribution >= 0.6 is 45.2 Å². The lowest BCUT2D eigenvalue weighted by atomic mass is 9.98. The van der Waals surface area contributed by atoms with Crippen LogP contribution in [0.2, 0.25) is 0 Å². The number of halogens is 4. The van der Waals surface area contributed by atoms with E-state index in [1.165, 1.54) is 16.8 Å². The predicted molar refractivity (Wildman–Crippen MR) is 138 cm³/mol. The molecule has 32 heavy (non-hydrogen) atoms. The highest BCUT2D eigenvalue weighted by Crippen LogP contribution is 2.40. The molecular formula is C23H16F2I2N2O2S. The second kappa shape index (κ2) is 9.18. The first-order valence-corrected chi connectivity index (χ1v) is 13.4. The standard InChI is InChI=1S/C23H16F2I2N2O2S/c1-32(30,31)19-12-4-15(5-13-19)22-20(14-2-6-16(26)7-3-14)21(23(24)25)28-29(22)18-10-8-17(27)9-11-18/h2-13,23H,1H3. The SMILES string of the molecule is CS(=O)(=O)c1ccc(-c2c(-c3ccc(I)cc3)c(C(F)F)nn2-c2ccc(I)cc2)cc1. The molecule has 0 radical (unpaired) electrons. The van der Waals surface area contributed by atoms with Crippen molar-refractivity contribution in [1.82, 2.24) is 9.78 Å². The lowest BCUT2D eigenvalue weighted by Crippen LogP contribution is -2.01. The molecule has 0 saturated carbocycles. The molecule has 4 rings (SSSR count). The molecule has 0 aliphatic rings. The number of aromatic nitrogens is 2. The molecule has 9 heteroatoms. The van der Waals surface area contributed by atoms with Crippen LogP contribution < -0.4 is 0 Å². The summed E-state index contributed by atoms with van der Waals surface area (Å²) >= 11 is 4.33. The summed E-state index contributed by atoms with van der Waals surface area (Å²) in [7, 11) is -3.39. The highest BCUT2D eigenvalue weighted by molar-refractivity contribution is 14.1. The van der Waals surface area contributed by atoms with Crippen LogP contribution in [-0.4, -0.2) is 24.5 Å². The smallest absolute Gasteiger partial charge is 0.232 e. The maximum atomic E-state index is 14.1. The van der Waals surface area contributed by atoms with Gasteiger partial charge in [-0.15, -0.1) is 0 Å². The van der Waals surface area contributed by atoms with Crippen molar-refractivity contribution in [3.63, 3.8) is 0 Å². The second-order valence-electron chi connectivity index (χ2n) is 7.10. The van der Waals surface area contributed by atoms with Gasteiger partial charge in [0.25, 0.3) is 6.43 Å². The first kappa shape index (κ1) is 23.3. The van der Waals surface area contributed by atoms with Gasteiger partial charge >= 0.3 is 0 Å². The van der Waals surface area contributed by atoms with E-state index in [0.717, 1.165) is 13.4 Å². The normalized spacial score (nSPS) is 11.8. The fraction of sp³-hybridized carbons (Fsp3) is 0.0870. The van der Waals surface area contributed by atoms with Crippen molar-refractivity contribution in [3.05, 3.63) is 85.6 Å². The summed E-state index contributed by atoms with van der Waals surface area (Å²) in [5.41, 5.74) is 2.30. The number of hydrogen-bond acceptors (Lipinski definition) is 3. The summed E-state index contributed by atoms with van der Waals surface area (Å²) < 4.78 is 55.6. The Bertz CT molecular complexity index is 1370. The molecule has 0 saturated heterocycles. The summed E-state index contributed by atoms with van der Waals surface area (Å²) in [5, 5.41) is 4.30. The molecule has 0 N–H and O–H groups in total. The Labute approximate surface area is 211 Å². The molecule has 4 aromatic rings. The number of alkyl halides is 2. The predicted octanol–water partition coefficient (Wildman–Crippen LogP) is 6.76. The van der Waals surface area contributed by atoms with Crippen molar-refractivity contribution < 1.29 is 17.2 Å². The monoisotopic (exact) mass is 676 g/mol. The average molecular weight is 676 g/mol. The topological polar surface area (TPSA) is 52.0 Å². The number of hydrogen-bond donors (Lipinski definition) is 0. The van der Waals surface area contributed by atoms with E-state index < -0.39 is 16.3 Å². The van der Waals surface area contributed by atoms with Gasteiger partial charge in [-0.05, 0) is 99.3 Å². The summed E-state index contributed by atoms with van der Waals surface area (Å²) in [4.78, 5) is 0.159. The van der Waals surface area contributed by atoms with Gasteiger partial charge in [0.2, 0.25) is 0 Å². The molecule has 0 fully saturated rings. The van der Waals surface area contributed by atoms with Crippen LogP contribution in [0.5, 0.6) is 0 Å². The van der Waals surface area contributed by atoms with E-state index in [-0.39, 0.29) is 10.6 Å². The van der Waals surface area contributed by atoms with Gasteiger partial charge in [-0.25, -0.2) is 21.9 Å². The summed E-state index contributed by atoms with van der Waals surface area (Å²) in [5.74, 6) is 0. The average Bonchev–Trinajstić information content (AvgIpc) is 3.15. The highest BCUT2D eigenvalue weighted by Gasteiger charge is 2.27. The van der Waals surface area contributed by atoms with Crippen molar-refractivity contribution >= 4 is 55.0 Å². The molecule has 1 aromatic heterocycles. The Morgan fingerprint density at radius 1 is 0.812 bits per heavy atom.